The van der Waals surface area contributed by atoms with Crippen molar-refractivity contribution in [2.45, 2.75) is 39.2 Å². The topological polar surface area (TPSA) is 38.9 Å². The van der Waals surface area contributed by atoms with E-state index in [1.807, 2.05) is 12.1 Å². The van der Waals surface area contributed by atoms with Gasteiger partial charge in [-0.15, -0.1) is 0 Å². The van der Waals surface area contributed by atoms with Crippen molar-refractivity contribution in [3.05, 3.63) is 29.0 Å². The van der Waals surface area contributed by atoms with E-state index in [2.05, 4.69) is 18.8 Å². The molecule has 17 heavy (non-hydrogen) atoms. The van der Waals surface area contributed by atoms with Gasteiger partial charge in [0.15, 0.2) is 0 Å². The van der Waals surface area contributed by atoms with Gasteiger partial charge in [0.1, 0.15) is 0 Å². The maximum absolute atomic E-state index is 6.34. The van der Waals surface area contributed by atoms with E-state index in [9.17, 15) is 0 Å². The number of hydrogen-bond donors (Lipinski definition) is 1. The third kappa shape index (κ3) is 3.20. The SMILES string of the molecule is CC1CC(C)CC(C(N)c2ccc(Cl)cn2)C1. The normalized spacial score (nSPS) is 31.2. The van der Waals surface area contributed by atoms with E-state index >= 15 is 0 Å². The fourth-order valence-corrected chi connectivity index (χ4v) is 3.24. The molecular formula is C14H21ClN2. The maximum Gasteiger partial charge on any atom is 0.0589 e. The Labute approximate surface area is 109 Å². The highest BCUT2D eigenvalue weighted by molar-refractivity contribution is 6.30. The van der Waals surface area contributed by atoms with Gasteiger partial charge in [0, 0.05) is 12.2 Å². The highest BCUT2D eigenvalue weighted by Gasteiger charge is 2.29. The summed E-state index contributed by atoms with van der Waals surface area (Å²) in [5.41, 5.74) is 7.31. The lowest BCUT2D eigenvalue weighted by molar-refractivity contribution is 0.192. The molecule has 0 aliphatic heterocycles. The van der Waals surface area contributed by atoms with Gasteiger partial charge in [-0.05, 0) is 49.1 Å². The molecule has 94 valence electrons. The van der Waals surface area contributed by atoms with Crippen molar-refractivity contribution >= 4 is 11.6 Å². The van der Waals surface area contributed by atoms with Gasteiger partial charge >= 0.3 is 0 Å². The van der Waals surface area contributed by atoms with Gasteiger partial charge in [-0.1, -0.05) is 25.4 Å². The lowest BCUT2D eigenvalue weighted by atomic mass is 9.73. The number of nitrogens with two attached hydrogens (primary N) is 1. The number of aromatic nitrogens is 1. The molecule has 0 aromatic carbocycles. The quantitative estimate of drug-likeness (QED) is 0.869. The Hall–Kier alpha value is -0.600. The summed E-state index contributed by atoms with van der Waals surface area (Å²) in [4.78, 5) is 4.35. The van der Waals surface area contributed by atoms with Crippen molar-refractivity contribution in [3.63, 3.8) is 0 Å². The summed E-state index contributed by atoms with van der Waals surface area (Å²) >= 11 is 5.85. The lowest BCUT2D eigenvalue weighted by Gasteiger charge is -2.34. The van der Waals surface area contributed by atoms with Crippen molar-refractivity contribution in [1.29, 1.82) is 0 Å². The Balaban J connectivity index is 2.08. The average molecular weight is 253 g/mol. The van der Waals surface area contributed by atoms with Crippen LogP contribution in [0.15, 0.2) is 18.3 Å². The minimum absolute atomic E-state index is 0.0532. The van der Waals surface area contributed by atoms with Crippen molar-refractivity contribution in [2.75, 3.05) is 0 Å². The first-order valence-corrected chi connectivity index (χ1v) is 6.81. The van der Waals surface area contributed by atoms with Crippen LogP contribution in [-0.4, -0.2) is 4.98 Å². The molecule has 2 rings (SSSR count). The molecule has 0 spiro atoms. The second kappa shape index (κ2) is 5.36. The first-order chi connectivity index (χ1) is 8.06. The van der Waals surface area contributed by atoms with Gasteiger partial charge in [0.25, 0.3) is 0 Å². The minimum Gasteiger partial charge on any atom is -0.322 e. The third-order valence-corrected chi connectivity index (χ3v) is 4.04. The molecule has 1 aliphatic carbocycles. The van der Waals surface area contributed by atoms with E-state index in [0.717, 1.165) is 17.5 Å². The first-order valence-electron chi connectivity index (χ1n) is 6.43. The van der Waals surface area contributed by atoms with Crippen LogP contribution in [-0.2, 0) is 0 Å². The summed E-state index contributed by atoms with van der Waals surface area (Å²) in [7, 11) is 0. The van der Waals surface area contributed by atoms with Gasteiger partial charge in [-0.25, -0.2) is 0 Å². The Morgan fingerprint density at radius 3 is 2.41 bits per heavy atom. The van der Waals surface area contributed by atoms with Crippen LogP contribution in [0.4, 0.5) is 0 Å². The standard InChI is InChI=1S/C14H21ClN2/c1-9-5-10(2)7-11(6-9)14(16)13-4-3-12(15)8-17-13/h3-4,8-11,14H,5-7,16H2,1-2H3. The van der Waals surface area contributed by atoms with Crippen LogP contribution in [0.1, 0.15) is 44.8 Å². The number of halogens is 1. The molecule has 1 fully saturated rings. The van der Waals surface area contributed by atoms with E-state index in [1.165, 1.54) is 19.3 Å². The molecule has 0 bridgehead atoms. The average Bonchev–Trinajstić information content (AvgIpc) is 2.28. The molecule has 1 aromatic rings. The smallest absolute Gasteiger partial charge is 0.0589 e. The van der Waals surface area contributed by atoms with Crippen LogP contribution in [0.25, 0.3) is 0 Å². The summed E-state index contributed by atoms with van der Waals surface area (Å²) in [6.07, 6.45) is 5.45. The fraction of sp³-hybridized carbons (Fsp3) is 0.643. The second-order valence-electron chi connectivity index (χ2n) is 5.60. The van der Waals surface area contributed by atoms with Crippen molar-refractivity contribution < 1.29 is 0 Å². The van der Waals surface area contributed by atoms with Gasteiger partial charge in [0.2, 0.25) is 0 Å². The summed E-state index contributed by atoms with van der Waals surface area (Å²) in [5, 5.41) is 0.673. The number of nitrogens with zero attached hydrogens (tertiary/aromatic N) is 1. The van der Waals surface area contributed by atoms with Crippen molar-refractivity contribution in [2.24, 2.45) is 23.5 Å². The van der Waals surface area contributed by atoms with Crippen molar-refractivity contribution in [3.8, 4) is 0 Å². The van der Waals surface area contributed by atoms with E-state index in [1.54, 1.807) is 6.20 Å². The Kier molecular flexibility index (Phi) is 4.05. The highest BCUT2D eigenvalue weighted by Crippen LogP contribution is 2.38. The van der Waals surface area contributed by atoms with Crippen molar-refractivity contribution in [1.82, 2.24) is 4.98 Å². The molecule has 1 aliphatic rings. The fourth-order valence-electron chi connectivity index (χ4n) is 3.13. The Bertz CT molecular complexity index is 353. The summed E-state index contributed by atoms with van der Waals surface area (Å²) < 4.78 is 0. The van der Waals surface area contributed by atoms with Crippen LogP contribution >= 0.6 is 11.6 Å². The molecule has 2 nitrogen and oxygen atoms in total. The van der Waals surface area contributed by atoms with E-state index in [4.69, 9.17) is 17.3 Å². The minimum atomic E-state index is 0.0532. The second-order valence-corrected chi connectivity index (χ2v) is 6.04. The van der Waals surface area contributed by atoms with E-state index in [-0.39, 0.29) is 6.04 Å². The van der Waals surface area contributed by atoms with Gasteiger partial charge < -0.3 is 5.73 Å². The van der Waals surface area contributed by atoms with E-state index < -0.39 is 0 Å². The number of pyridine rings is 1. The summed E-state index contributed by atoms with van der Waals surface area (Å²) in [6.45, 7) is 4.65. The van der Waals surface area contributed by atoms with Gasteiger partial charge in [-0.2, -0.15) is 0 Å². The molecule has 1 heterocycles. The van der Waals surface area contributed by atoms with Crippen LogP contribution in [0, 0.1) is 17.8 Å². The predicted molar refractivity (Wildman–Crippen MR) is 71.8 cm³/mol. The van der Waals surface area contributed by atoms with Crippen LogP contribution in [0.3, 0.4) is 0 Å². The maximum atomic E-state index is 6.34. The molecular weight excluding hydrogens is 232 g/mol. The third-order valence-electron chi connectivity index (χ3n) is 3.81. The van der Waals surface area contributed by atoms with Gasteiger partial charge in [0.05, 0.1) is 10.7 Å². The zero-order valence-electron chi connectivity index (χ0n) is 10.6. The highest BCUT2D eigenvalue weighted by atomic mass is 35.5. The molecule has 1 saturated carbocycles. The molecule has 0 amide bonds. The molecule has 3 heteroatoms. The zero-order chi connectivity index (χ0) is 12.4. The molecule has 3 unspecified atom stereocenters. The Morgan fingerprint density at radius 1 is 1.24 bits per heavy atom. The predicted octanol–water partition coefficient (Wildman–Crippen LogP) is 3.81. The molecule has 0 saturated heterocycles. The van der Waals surface area contributed by atoms with Gasteiger partial charge in [-0.3, -0.25) is 4.98 Å². The largest absolute Gasteiger partial charge is 0.322 e. The van der Waals surface area contributed by atoms with E-state index in [0.29, 0.717) is 10.9 Å². The molecule has 1 aromatic heterocycles. The zero-order valence-corrected chi connectivity index (χ0v) is 11.3. The van der Waals surface area contributed by atoms with Crippen LogP contribution < -0.4 is 5.73 Å². The van der Waals surface area contributed by atoms with Crippen LogP contribution in [0.5, 0.6) is 0 Å². The molecule has 0 radical (unpaired) electrons. The first kappa shape index (κ1) is 12.8. The molecule has 2 N–H and O–H groups in total. The summed E-state index contributed by atoms with van der Waals surface area (Å²) in [6, 6.07) is 3.88. The summed E-state index contributed by atoms with van der Waals surface area (Å²) in [5.74, 6) is 2.12. The molecule has 3 atom stereocenters. The monoisotopic (exact) mass is 252 g/mol. The van der Waals surface area contributed by atoms with Crippen LogP contribution in [0.2, 0.25) is 5.02 Å². The Morgan fingerprint density at radius 2 is 1.88 bits per heavy atom. The number of rotatable bonds is 2. The number of hydrogen-bond acceptors (Lipinski definition) is 2. The lowest BCUT2D eigenvalue weighted by Crippen LogP contribution is -2.29.